The second-order valence-electron chi connectivity index (χ2n) is 7.69. The van der Waals surface area contributed by atoms with E-state index in [9.17, 15) is 4.79 Å². The van der Waals surface area contributed by atoms with Crippen LogP contribution in [0.1, 0.15) is 50.5 Å². The summed E-state index contributed by atoms with van der Waals surface area (Å²) in [6.07, 6.45) is 9.40. The Kier molecular flexibility index (Phi) is 4.72. The largest absolute Gasteiger partial charge is 0.293 e. The minimum absolute atomic E-state index is 0.267. The molecule has 5 nitrogen and oxygen atoms in total. The topological polar surface area (TPSA) is 71.5 Å². The van der Waals surface area contributed by atoms with Crippen LogP contribution in [0.2, 0.25) is 0 Å². The number of nitrogens with one attached hydrogen (secondary N) is 1. The number of thiophene rings is 1. The summed E-state index contributed by atoms with van der Waals surface area (Å²) in [5.41, 5.74) is 6.44. The molecular weight excluding hydrogens is 380 g/mol. The van der Waals surface area contributed by atoms with Crippen molar-refractivity contribution in [3.05, 3.63) is 63.2 Å². The second kappa shape index (κ2) is 7.52. The smallest absolute Gasteiger partial charge is 0.173 e. The number of aryl methyl sites for hydroxylation is 4. The van der Waals surface area contributed by atoms with E-state index in [1.807, 2.05) is 0 Å². The van der Waals surface area contributed by atoms with E-state index < -0.39 is 0 Å². The van der Waals surface area contributed by atoms with Crippen LogP contribution in [0.4, 0.5) is 0 Å². The van der Waals surface area contributed by atoms with Gasteiger partial charge in [-0.05, 0) is 67.9 Å². The van der Waals surface area contributed by atoms with Crippen LogP contribution in [-0.2, 0) is 19.3 Å². The Bertz CT molecular complexity index is 1180. The van der Waals surface area contributed by atoms with Crippen molar-refractivity contribution in [2.75, 3.05) is 0 Å². The molecule has 0 aliphatic heterocycles. The Balaban J connectivity index is 1.33. The van der Waals surface area contributed by atoms with Crippen LogP contribution < -0.4 is 0 Å². The molecule has 1 aromatic carbocycles. The van der Waals surface area contributed by atoms with Gasteiger partial charge in [0.1, 0.15) is 6.33 Å². The van der Waals surface area contributed by atoms with E-state index in [2.05, 4.69) is 51.4 Å². The molecule has 1 N–H and O–H groups in total. The molecule has 3 heterocycles. The molecule has 4 aromatic rings. The fourth-order valence-electron chi connectivity index (χ4n) is 4.12. The van der Waals surface area contributed by atoms with E-state index in [0.29, 0.717) is 6.42 Å². The molecule has 5 rings (SSSR count). The number of nitrogens with zero attached hydrogens (tertiary/aromatic N) is 3. The standard InChI is InChI=1S/C23H22N4OS/c1-14-10-17(22-18-12-26-27-23(18)25-13-24-22)7-6-15(14)8-9-19(28)21-11-16-4-2-3-5-20(16)29-21/h6-7,10-13H,2-5,8-9H2,1H3,(H,24,25,26,27). The average Bonchev–Trinajstić information content (AvgIpc) is 3.39. The molecule has 0 unspecified atom stereocenters. The van der Waals surface area contributed by atoms with Gasteiger partial charge in [0.05, 0.1) is 22.2 Å². The minimum atomic E-state index is 0.267. The first-order valence-electron chi connectivity index (χ1n) is 10.1. The van der Waals surface area contributed by atoms with Gasteiger partial charge in [0, 0.05) is 16.9 Å². The Morgan fingerprint density at radius 1 is 1.17 bits per heavy atom. The summed E-state index contributed by atoms with van der Waals surface area (Å²) in [5.74, 6) is 0.267. The van der Waals surface area contributed by atoms with Gasteiger partial charge in [0.2, 0.25) is 0 Å². The third-order valence-corrected chi connectivity index (χ3v) is 7.04. The number of hydrogen-bond acceptors (Lipinski definition) is 5. The summed E-state index contributed by atoms with van der Waals surface area (Å²) < 4.78 is 0. The summed E-state index contributed by atoms with van der Waals surface area (Å²) >= 11 is 1.71. The number of ketones is 1. The lowest BCUT2D eigenvalue weighted by Gasteiger charge is -2.08. The van der Waals surface area contributed by atoms with Crippen LogP contribution >= 0.6 is 11.3 Å². The van der Waals surface area contributed by atoms with Crippen molar-refractivity contribution >= 4 is 28.2 Å². The molecule has 29 heavy (non-hydrogen) atoms. The number of H-pyrrole nitrogens is 1. The second-order valence-corrected chi connectivity index (χ2v) is 8.82. The predicted octanol–water partition coefficient (Wildman–Crippen LogP) is 5.08. The first-order valence-corrected chi connectivity index (χ1v) is 10.9. The van der Waals surface area contributed by atoms with Gasteiger partial charge in [0.25, 0.3) is 0 Å². The van der Waals surface area contributed by atoms with Crippen molar-refractivity contribution in [3.8, 4) is 11.3 Å². The molecule has 0 fully saturated rings. The van der Waals surface area contributed by atoms with Gasteiger partial charge in [-0.15, -0.1) is 11.3 Å². The maximum atomic E-state index is 12.7. The molecule has 0 atom stereocenters. The molecule has 1 aliphatic carbocycles. The van der Waals surface area contributed by atoms with E-state index in [1.54, 1.807) is 23.9 Å². The highest BCUT2D eigenvalue weighted by Gasteiger charge is 2.17. The van der Waals surface area contributed by atoms with Crippen molar-refractivity contribution in [1.29, 1.82) is 0 Å². The lowest BCUT2D eigenvalue weighted by atomic mass is 9.97. The summed E-state index contributed by atoms with van der Waals surface area (Å²) in [6, 6.07) is 8.47. The number of aromatic amines is 1. The van der Waals surface area contributed by atoms with Gasteiger partial charge < -0.3 is 0 Å². The van der Waals surface area contributed by atoms with Gasteiger partial charge >= 0.3 is 0 Å². The summed E-state index contributed by atoms with van der Waals surface area (Å²) in [5, 5.41) is 7.86. The molecule has 1 aliphatic rings. The third-order valence-electron chi connectivity index (χ3n) is 5.76. The Morgan fingerprint density at radius 3 is 2.93 bits per heavy atom. The molecule has 0 radical (unpaired) electrons. The van der Waals surface area contributed by atoms with Crippen molar-refractivity contribution in [2.24, 2.45) is 0 Å². The lowest BCUT2D eigenvalue weighted by molar-refractivity contribution is 0.0986. The van der Waals surface area contributed by atoms with Gasteiger partial charge in [0.15, 0.2) is 11.4 Å². The molecule has 0 bridgehead atoms. The van der Waals surface area contributed by atoms with Crippen LogP contribution in [0.5, 0.6) is 0 Å². The molecule has 6 heteroatoms. The van der Waals surface area contributed by atoms with Crippen molar-refractivity contribution in [2.45, 2.75) is 45.4 Å². The zero-order chi connectivity index (χ0) is 19.8. The summed E-state index contributed by atoms with van der Waals surface area (Å²) in [4.78, 5) is 23.7. The van der Waals surface area contributed by atoms with Gasteiger partial charge in [-0.2, -0.15) is 5.10 Å². The fraction of sp³-hybridized carbons (Fsp3) is 0.304. The number of aromatic nitrogens is 4. The zero-order valence-corrected chi connectivity index (χ0v) is 17.2. The monoisotopic (exact) mass is 402 g/mol. The third kappa shape index (κ3) is 3.49. The quantitative estimate of drug-likeness (QED) is 0.472. The number of carbonyl (C=O) groups is 1. The number of benzene rings is 1. The first kappa shape index (κ1) is 18.2. The molecule has 0 saturated heterocycles. The van der Waals surface area contributed by atoms with Crippen LogP contribution in [0.15, 0.2) is 36.8 Å². The number of rotatable bonds is 5. The van der Waals surface area contributed by atoms with E-state index in [0.717, 1.165) is 46.4 Å². The minimum Gasteiger partial charge on any atom is -0.293 e. The summed E-state index contributed by atoms with van der Waals surface area (Å²) in [6.45, 7) is 2.10. The van der Waals surface area contributed by atoms with E-state index in [-0.39, 0.29) is 5.78 Å². The highest BCUT2D eigenvalue weighted by atomic mass is 32.1. The number of hydrogen-bond donors (Lipinski definition) is 1. The number of carbonyl (C=O) groups excluding carboxylic acids is 1. The molecular formula is C23H22N4OS. The van der Waals surface area contributed by atoms with E-state index in [1.165, 1.54) is 34.4 Å². The molecule has 146 valence electrons. The lowest BCUT2D eigenvalue weighted by Crippen LogP contribution is -2.00. The SMILES string of the molecule is Cc1cc(-c2ncnc3[nH]ncc23)ccc1CCC(=O)c1cc2c(s1)CCCC2. The zero-order valence-electron chi connectivity index (χ0n) is 16.4. The Hall–Kier alpha value is -2.86. The predicted molar refractivity (Wildman–Crippen MR) is 115 cm³/mol. The first-order chi connectivity index (χ1) is 14.2. The summed E-state index contributed by atoms with van der Waals surface area (Å²) in [7, 11) is 0. The van der Waals surface area contributed by atoms with Gasteiger partial charge in [-0.25, -0.2) is 9.97 Å². The molecule has 0 saturated carbocycles. The van der Waals surface area contributed by atoms with E-state index in [4.69, 9.17) is 0 Å². The maximum absolute atomic E-state index is 12.7. The van der Waals surface area contributed by atoms with Gasteiger partial charge in [-0.1, -0.05) is 12.1 Å². The fourth-order valence-corrected chi connectivity index (χ4v) is 5.34. The average molecular weight is 403 g/mol. The van der Waals surface area contributed by atoms with Crippen LogP contribution in [0, 0.1) is 6.92 Å². The van der Waals surface area contributed by atoms with Crippen molar-refractivity contribution < 1.29 is 4.79 Å². The van der Waals surface area contributed by atoms with Gasteiger partial charge in [-0.3, -0.25) is 9.89 Å². The van der Waals surface area contributed by atoms with Crippen LogP contribution in [0.25, 0.3) is 22.3 Å². The normalized spacial score (nSPS) is 13.6. The maximum Gasteiger partial charge on any atom is 0.173 e. The Labute approximate surface area is 173 Å². The Morgan fingerprint density at radius 2 is 2.07 bits per heavy atom. The highest BCUT2D eigenvalue weighted by Crippen LogP contribution is 2.31. The van der Waals surface area contributed by atoms with Crippen LogP contribution in [-0.4, -0.2) is 25.9 Å². The van der Waals surface area contributed by atoms with Crippen LogP contribution in [0.3, 0.4) is 0 Å². The number of Topliss-reactive ketones (excluding diaryl/α,β-unsaturated/α-hetero) is 1. The number of fused-ring (bicyclic) bond motifs is 2. The van der Waals surface area contributed by atoms with Crippen molar-refractivity contribution in [1.82, 2.24) is 20.2 Å². The van der Waals surface area contributed by atoms with Crippen molar-refractivity contribution in [3.63, 3.8) is 0 Å². The molecule has 3 aromatic heterocycles. The molecule has 0 amide bonds. The highest BCUT2D eigenvalue weighted by molar-refractivity contribution is 7.14. The van der Waals surface area contributed by atoms with E-state index >= 15 is 0 Å². The molecule has 0 spiro atoms.